The van der Waals surface area contributed by atoms with Crippen molar-refractivity contribution in [3.63, 3.8) is 0 Å². The van der Waals surface area contributed by atoms with Crippen molar-refractivity contribution < 1.29 is 41.0 Å². The number of pyridine rings is 3. The van der Waals surface area contributed by atoms with Crippen LogP contribution in [0, 0.1) is 29.5 Å². The zero-order chi connectivity index (χ0) is 49.1. The summed E-state index contributed by atoms with van der Waals surface area (Å²) in [6.07, 6.45) is -14.6. The smallest absolute Gasteiger partial charge is 0.501 e. The van der Waals surface area contributed by atoms with Crippen LogP contribution in [-0.2, 0) is 58.3 Å². The van der Waals surface area contributed by atoms with Crippen LogP contribution in [0.25, 0.3) is 55.7 Å². The Balaban J connectivity index is 0.00000659. The minimum absolute atomic E-state index is 0. The number of benzene rings is 5. The molecule has 9 aromatic rings. The first-order valence-corrected chi connectivity index (χ1v) is 18.0. The molecule has 0 saturated heterocycles. The number of furan rings is 1. The Kier molecular flexibility index (Phi) is 8.08. The number of aromatic nitrogens is 3. The van der Waals surface area contributed by atoms with Gasteiger partial charge in [-0.25, -0.2) is 0 Å². The van der Waals surface area contributed by atoms with Gasteiger partial charge in [-0.1, -0.05) is 65.5 Å². The SMILES string of the molecule is [2H]C([2H])(c1ccc(-c2[c-]cccc2)nc1)C([2H])([2H])c1cc(C([2H])([2H])C([2H])([2H])c2ccc(-c3[c-]cccc3)nc2)cc(C([2H])([2H])C([2H])([2H])c2ccc(-c3[c-]ccc4c3oc3ccc(C#N)cc34)nc2)c1.[Ir+3]. The molecule has 0 N–H and O–H groups in total. The molecule has 0 bridgehead atoms. The molecule has 6 heteroatoms. The van der Waals surface area contributed by atoms with Gasteiger partial charge in [-0.3, -0.25) is 0 Å². The first-order chi connectivity index (χ1) is 32.7. The summed E-state index contributed by atoms with van der Waals surface area (Å²) in [7, 11) is 0. The van der Waals surface area contributed by atoms with E-state index in [-0.39, 0.29) is 36.8 Å². The Labute approximate surface area is 369 Å². The third-order valence-electron chi connectivity index (χ3n) is 9.06. The largest absolute Gasteiger partial charge is 3.00 e. The van der Waals surface area contributed by atoms with Crippen molar-refractivity contribution in [1.82, 2.24) is 15.0 Å². The summed E-state index contributed by atoms with van der Waals surface area (Å²) >= 11 is 0. The minimum atomic E-state index is -3.12. The molecular weight excluding hydrogens is 889 g/mol. The summed E-state index contributed by atoms with van der Waals surface area (Å²) in [5.41, 5.74) is 1.80. The topological polar surface area (TPSA) is 75.6 Å². The maximum absolute atomic E-state index is 9.46. The Hall–Kier alpha value is -6.51. The summed E-state index contributed by atoms with van der Waals surface area (Å²) in [4.78, 5) is 13.2. The molecule has 58 heavy (non-hydrogen) atoms. The molecule has 280 valence electrons. The van der Waals surface area contributed by atoms with Gasteiger partial charge in [0.2, 0.25) is 0 Å². The average molecular weight is 938 g/mol. The van der Waals surface area contributed by atoms with E-state index in [0.717, 1.165) is 24.4 Å². The van der Waals surface area contributed by atoms with Gasteiger partial charge in [0.25, 0.3) is 0 Å². The summed E-state index contributed by atoms with van der Waals surface area (Å²) < 4.78 is 118. The summed E-state index contributed by atoms with van der Waals surface area (Å²) in [5.74, 6) is 0. The predicted octanol–water partition coefficient (Wildman–Crippen LogP) is 11.4. The first kappa shape index (κ1) is 26.4. The van der Waals surface area contributed by atoms with Crippen molar-refractivity contribution >= 4 is 21.9 Å². The van der Waals surface area contributed by atoms with E-state index in [1.54, 1.807) is 78.9 Å². The van der Waals surface area contributed by atoms with Gasteiger partial charge in [0, 0.05) is 40.4 Å². The second-order valence-electron chi connectivity index (χ2n) is 12.9. The molecule has 0 spiro atoms. The van der Waals surface area contributed by atoms with Crippen LogP contribution in [0.4, 0.5) is 0 Å². The van der Waals surface area contributed by atoms with Gasteiger partial charge in [-0.05, 0) is 107 Å². The van der Waals surface area contributed by atoms with Crippen LogP contribution >= 0.6 is 0 Å². The molecule has 0 aliphatic carbocycles. The standard InChI is InChI=1S/C52H37N4O.Ir/c53-32-42-23-27-51-47(31-42)45-12-7-13-46(52(45)57-51)50-26-22-38(35-56-50)16-19-41-29-39(17-14-36-20-24-48(54-33-36)43-8-3-1-4-9-43)28-40(30-41)18-15-37-21-25-49(55-34-37)44-10-5-2-6-11-44;/h1-8,10,12,20-31,33-35H,14-19H2;/q-3;+3/i14D2,15D2,16D2,17D2,18D2,19D2;. The molecule has 0 radical (unpaired) electrons. The molecular formula is C52H37IrN4O. The fraction of sp³-hybridized carbons (Fsp3) is 0.115. The number of rotatable bonds is 12. The van der Waals surface area contributed by atoms with Gasteiger partial charge in [0.15, 0.2) is 0 Å². The quantitative estimate of drug-likeness (QED) is 0.114. The molecule has 0 fully saturated rings. The zero-order valence-corrected chi connectivity index (χ0v) is 32.9. The van der Waals surface area contributed by atoms with E-state index in [1.165, 1.54) is 48.8 Å². The number of hydrogen-bond acceptors (Lipinski definition) is 5. The average Bonchev–Trinajstić information content (AvgIpc) is 3.75. The molecule has 9 rings (SSSR count). The van der Waals surface area contributed by atoms with Gasteiger partial charge in [-0.2, -0.15) is 5.26 Å². The van der Waals surface area contributed by atoms with Crippen molar-refractivity contribution in [2.75, 3.05) is 0 Å². The van der Waals surface area contributed by atoms with E-state index in [2.05, 4.69) is 39.2 Å². The third-order valence-corrected chi connectivity index (χ3v) is 9.06. The maximum Gasteiger partial charge on any atom is 3.00 e. The van der Waals surface area contributed by atoms with Crippen LogP contribution in [0.2, 0.25) is 0 Å². The van der Waals surface area contributed by atoms with E-state index < -0.39 is 54.9 Å². The number of aryl methyl sites for hydroxylation is 6. The molecule has 4 heterocycles. The molecule has 0 atom stereocenters. The van der Waals surface area contributed by atoms with E-state index >= 15 is 0 Å². The van der Waals surface area contributed by atoms with Gasteiger partial charge in [0.05, 0.1) is 17.2 Å². The summed E-state index contributed by atoms with van der Waals surface area (Å²) in [6, 6.07) is 45.2. The molecule has 0 aliphatic rings. The van der Waals surface area contributed by atoms with Gasteiger partial charge in [0.1, 0.15) is 5.58 Å². The number of fused-ring (bicyclic) bond motifs is 3. The van der Waals surface area contributed by atoms with E-state index in [1.807, 2.05) is 0 Å². The zero-order valence-electron chi connectivity index (χ0n) is 42.5. The van der Waals surface area contributed by atoms with Crippen LogP contribution in [0.3, 0.4) is 0 Å². The third kappa shape index (κ3) is 8.72. The van der Waals surface area contributed by atoms with Crippen molar-refractivity contribution in [2.24, 2.45) is 0 Å². The predicted molar refractivity (Wildman–Crippen MR) is 226 cm³/mol. The Morgan fingerprint density at radius 1 is 0.517 bits per heavy atom. The van der Waals surface area contributed by atoms with Crippen LogP contribution in [0.15, 0.2) is 156 Å². The number of nitrogens with zero attached hydrogens (tertiary/aromatic N) is 4. The molecule has 0 saturated carbocycles. The van der Waals surface area contributed by atoms with Crippen LogP contribution in [0.5, 0.6) is 0 Å². The fourth-order valence-electron chi connectivity index (χ4n) is 6.25. The Bertz CT molecular complexity index is 3280. The molecule has 0 amide bonds. The van der Waals surface area contributed by atoms with Crippen LogP contribution in [-0.4, -0.2) is 15.0 Å². The van der Waals surface area contributed by atoms with Crippen molar-refractivity contribution in [3.8, 4) is 39.8 Å². The monoisotopic (exact) mass is 938 g/mol. The molecule has 4 aromatic heterocycles. The van der Waals surface area contributed by atoms with E-state index in [9.17, 15) is 21.7 Å². The van der Waals surface area contributed by atoms with Gasteiger partial charge < -0.3 is 19.4 Å². The minimum Gasteiger partial charge on any atom is -0.501 e. The normalized spacial score (nSPS) is 15.6. The van der Waals surface area contributed by atoms with E-state index in [4.69, 9.17) is 4.42 Å². The van der Waals surface area contributed by atoms with Gasteiger partial charge >= 0.3 is 20.1 Å². The van der Waals surface area contributed by atoms with Crippen LogP contribution in [0.1, 0.15) is 55.4 Å². The second-order valence-corrected chi connectivity index (χ2v) is 12.9. The van der Waals surface area contributed by atoms with Crippen molar-refractivity contribution in [2.45, 2.75) is 38.2 Å². The Morgan fingerprint density at radius 3 is 1.50 bits per heavy atom. The second kappa shape index (κ2) is 17.7. The van der Waals surface area contributed by atoms with Crippen LogP contribution < -0.4 is 0 Å². The molecule has 0 unspecified atom stereocenters. The molecule has 5 aromatic carbocycles. The summed E-state index contributed by atoms with van der Waals surface area (Å²) in [6.45, 7) is 0. The van der Waals surface area contributed by atoms with E-state index in [0.29, 0.717) is 61.3 Å². The Morgan fingerprint density at radius 2 is 1.03 bits per heavy atom. The fourth-order valence-corrected chi connectivity index (χ4v) is 6.25. The number of hydrogen-bond donors (Lipinski definition) is 0. The molecule has 5 nitrogen and oxygen atoms in total. The summed E-state index contributed by atoms with van der Waals surface area (Å²) in [5, 5.41) is 10.9. The van der Waals surface area contributed by atoms with Gasteiger partial charge in [-0.15, -0.1) is 90.0 Å². The first-order valence-electron chi connectivity index (χ1n) is 24.0. The number of nitriles is 1. The van der Waals surface area contributed by atoms with Crippen molar-refractivity contribution in [1.29, 1.82) is 5.26 Å². The molecule has 0 aliphatic heterocycles. The van der Waals surface area contributed by atoms with Crippen molar-refractivity contribution in [3.05, 3.63) is 209 Å². The maximum atomic E-state index is 9.46.